The second-order valence-electron chi connectivity index (χ2n) is 8.21. The predicted octanol–water partition coefficient (Wildman–Crippen LogP) is 2.95. The number of anilines is 2. The first kappa shape index (κ1) is 19.1. The van der Waals surface area contributed by atoms with Gasteiger partial charge in [-0.15, -0.1) is 0 Å². The third-order valence-corrected chi connectivity index (χ3v) is 4.49. The molecule has 1 aliphatic heterocycles. The van der Waals surface area contributed by atoms with Crippen LogP contribution in [0.2, 0.25) is 0 Å². The number of aromatic nitrogens is 2. The van der Waals surface area contributed by atoms with E-state index < -0.39 is 0 Å². The number of hydrogen-bond donors (Lipinski definition) is 1. The number of rotatable bonds is 3. The highest BCUT2D eigenvalue weighted by Crippen LogP contribution is 2.20. The van der Waals surface area contributed by atoms with Gasteiger partial charge in [0.2, 0.25) is 5.95 Å². The maximum atomic E-state index is 12.5. The maximum Gasteiger partial charge on any atom is 0.270 e. The van der Waals surface area contributed by atoms with Crippen molar-refractivity contribution < 1.29 is 4.79 Å². The van der Waals surface area contributed by atoms with Crippen LogP contribution in [-0.4, -0.2) is 47.6 Å². The first-order chi connectivity index (χ1) is 12.7. The first-order valence-corrected chi connectivity index (χ1v) is 9.46. The Morgan fingerprint density at radius 2 is 1.67 bits per heavy atom. The summed E-state index contributed by atoms with van der Waals surface area (Å²) in [5, 5.41) is 2.97. The van der Waals surface area contributed by atoms with Gasteiger partial charge >= 0.3 is 0 Å². The van der Waals surface area contributed by atoms with Crippen LogP contribution in [0.15, 0.2) is 30.3 Å². The molecule has 6 nitrogen and oxygen atoms in total. The van der Waals surface area contributed by atoms with Gasteiger partial charge < -0.3 is 15.1 Å². The van der Waals surface area contributed by atoms with Crippen LogP contribution in [-0.2, 0) is 0 Å². The van der Waals surface area contributed by atoms with E-state index in [2.05, 4.69) is 56.3 Å². The lowest BCUT2D eigenvalue weighted by atomic mass is 10.1. The molecule has 0 saturated carbocycles. The van der Waals surface area contributed by atoms with Crippen molar-refractivity contribution in [2.24, 2.45) is 0 Å². The van der Waals surface area contributed by atoms with E-state index in [1.54, 1.807) is 6.07 Å². The van der Waals surface area contributed by atoms with Crippen LogP contribution < -0.4 is 15.1 Å². The molecule has 1 aromatic heterocycles. The Labute approximate surface area is 161 Å². The number of aryl methyl sites for hydroxylation is 2. The van der Waals surface area contributed by atoms with Gasteiger partial charge in [0.15, 0.2) is 0 Å². The lowest BCUT2D eigenvalue weighted by Gasteiger charge is -2.36. The Bertz CT molecular complexity index is 820. The Morgan fingerprint density at radius 1 is 1.00 bits per heavy atom. The Morgan fingerprint density at radius 3 is 2.30 bits per heavy atom. The molecule has 0 radical (unpaired) electrons. The van der Waals surface area contributed by atoms with Crippen molar-refractivity contribution in [1.82, 2.24) is 15.3 Å². The highest BCUT2D eigenvalue weighted by Gasteiger charge is 2.22. The summed E-state index contributed by atoms with van der Waals surface area (Å²) >= 11 is 0. The number of piperazine rings is 1. The fraction of sp³-hybridized carbons (Fsp3) is 0.476. The van der Waals surface area contributed by atoms with Crippen molar-refractivity contribution >= 4 is 17.5 Å². The molecule has 0 aliphatic carbocycles. The number of amides is 1. The second-order valence-corrected chi connectivity index (χ2v) is 8.21. The Kier molecular flexibility index (Phi) is 5.35. The molecule has 2 heterocycles. The minimum absolute atomic E-state index is 0.160. The number of hydrogen-bond acceptors (Lipinski definition) is 5. The quantitative estimate of drug-likeness (QED) is 0.904. The minimum Gasteiger partial charge on any atom is -0.368 e. The topological polar surface area (TPSA) is 61.4 Å². The van der Waals surface area contributed by atoms with Crippen LogP contribution in [0.25, 0.3) is 0 Å². The van der Waals surface area contributed by atoms with Crippen LogP contribution in [0, 0.1) is 13.8 Å². The molecule has 3 rings (SSSR count). The van der Waals surface area contributed by atoms with Gasteiger partial charge in [-0.2, -0.15) is 0 Å². The average Bonchev–Trinajstić information content (AvgIpc) is 2.60. The minimum atomic E-state index is -0.296. The summed E-state index contributed by atoms with van der Waals surface area (Å²) < 4.78 is 0. The van der Waals surface area contributed by atoms with Crippen molar-refractivity contribution in [2.45, 2.75) is 40.2 Å². The fourth-order valence-electron chi connectivity index (χ4n) is 3.20. The molecule has 0 bridgehead atoms. The third kappa shape index (κ3) is 4.96. The molecule has 2 aromatic rings. The zero-order valence-electron chi connectivity index (χ0n) is 16.9. The van der Waals surface area contributed by atoms with Gasteiger partial charge in [0.25, 0.3) is 5.91 Å². The Hall–Kier alpha value is -2.63. The van der Waals surface area contributed by atoms with Gasteiger partial charge in [0.1, 0.15) is 5.69 Å². The number of nitrogens with zero attached hydrogens (tertiary/aromatic N) is 4. The molecule has 1 aliphatic rings. The summed E-state index contributed by atoms with van der Waals surface area (Å²) in [5.74, 6) is 0.477. The SMILES string of the molecule is Cc1cccc(N2CCN(c3nc(C)cc(C(=O)NC(C)(C)C)n3)CC2)c1. The van der Waals surface area contributed by atoms with E-state index in [1.807, 2.05) is 27.7 Å². The summed E-state index contributed by atoms with van der Waals surface area (Å²) in [7, 11) is 0. The van der Waals surface area contributed by atoms with E-state index in [-0.39, 0.29) is 11.4 Å². The molecule has 0 unspecified atom stereocenters. The van der Waals surface area contributed by atoms with E-state index in [0.717, 1.165) is 31.9 Å². The second kappa shape index (κ2) is 7.55. The highest BCUT2D eigenvalue weighted by atomic mass is 16.2. The summed E-state index contributed by atoms with van der Waals surface area (Å²) in [6, 6.07) is 10.3. The molecule has 1 saturated heterocycles. The molecule has 1 amide bonds. The number of carbonyl (C=O) groups is 1. The van der Waals surface area contributed by atoms with Crippen LogP contribution >= 0.6 is 0 Å². The third-order valence-electron chi connectivity index (χ3n) is 4.49. The van der Waals surface area contributed by atoms with Crippen LogP contribution in [0.4, 0.5) is 11.6 Å². The number of benzene rings is 1. The van der Waals surface area contributed by atoms with Crippen molar-refractivity contribution in [2.75, 3.05) is 36.0 Å². The molecule has 6 heteroatoms. The maximum absolute atomic E-state index is 12.5. The first-order valence-electron chi connectivity index (χ1n) is 9.46. The van der Waals surface area contributed by atoms with E-state index >= 15 is 0 Å². The van der Waals surface area contributed by atoms with Crippen molar-refractivity contribution in [1.29, 1.82) is 0 Å². The highest BCUT2D eigenvalue weighted by molar-refractivity contribution is 5.93. The monoisotopic (exact) mass is 367 g/mol. The molecule has 144 valence electrons. The van der Waals surface area contributed by atoms with Crippen LogP contribution in [0.3, 0.4) is 0 Å². The lowest BCUT2D eigenvalue weighted by Crippen LogP contribution is -2.47. The van der Waals surface area contributed by atoms with Gasteiger partial charge in [-0.1, -0.05) is 12.1 Å². The summed E-state index contributed by atoms with van der Waals surface area (Å²) in [5.41, 5.74) is 3.46. The molecule has 27 heavy (non-hydrogen) atoms. The molecule has 0 atom stereocenters. The number of nitrogens with one attached hydrogen (secondary N) is 1. The van der Waals surface area contributed by atoms with Gasteiger partial charge in [0, 0.05) is 43.1 Å². The summed E-state index contributed by atoms with van der Waals surface area (Å²) in [6.45, 7) is 13.4. The van der Waals surface area contributed by atoms with Crippen LogP contribution in [0.1, 0.15) is 42.5 Å². The van der Waals surface area contributed by atoms with Crippen molar-refractivity contribution in [3.05, 3.63) is 47.3 Å². The molecule has 1 aromatic carbocycles. The Balaban J connectivity index is 1.71. The van der Waals surface area contributed by atoms with E-state index in [0.29, 0.717) is 11.6 Å². The summed E-state index contributed by atoms with van der Waals surface area (Å²) in [4.78, 5) is 26.1. The average molecular weight is 367 g/mol. The van der Waals surface area contributed by atoms with Gasteiger partial charge in [0.05, 0.1) is 0 Å². The lowest BCUT2D eigenvalue weighted by molar-refractivity contribution is 0.0914. The summed E-state index contributed by atoms with van der Waals surface area (Å²) in [6.07, 6.45) is 0. The standard InChI is InChI=1S/C21H29N5O/c1-15-7-6-8-17(13-15)25-9-11-26(12-10-25)20-22-16(2)14-18(23-20)19(27)24-21(3,4)5/h6-8,13-14H,9-12H2,1-5H3,(H,24,27). The van der Waals surface area contributed by atoms with Crippen LogP contribution in [0.5, 0.6) is 0 Å². The molecule has 1 fully saturated rings. The van der Waals surface area contributed by atoms with Gasteiger partial charge in [-0.3, -0.25) is 4.79 Å². The van der Waals surface area contributed by atoms with E-state index in [4.69, 9.17) is 0 Å². The van der Waals surface area contributed by atoms with Gasteiger partial charge in [-0.05, 0) is 58.4 Å². The number of carbonyl (C=O) groups excluding carboxylic acids is 1. The van der Waals surface area contributed by atoms with E-state index in [1.165, 1.54) is 11.3 Å². The molecular weight excluding hydrogens is 338 g/mol. The largest absolute Gasteiger partial charge is 0.368 e. The van der Waals surface area contributed by atoms with Crippen molar-refractivity contribution in [3.8, 4) is 0 Å². The smallest absolute Gasteiger partial charge is 0.270 e. The zero-order chi connectivity index (χ0) is 19.6. The molecule has 1 N–H and O–H groups in total. The van der Waals surface area contributed by atoms with Crippen molar-refractivity contribution in [3.63, 3.8) is 0 Å². The predicted molar refractivity (Wildman–Crippen MR) is 110 cm³/mol. The van der Waals surface area contributed by atoms with Gasteiger partial charge in [-0.25, -0.2) is 9.97 Å². The fourth-order valence-corrected chi connectivity index (χ4v) is 3.20. The zero-order valence-corrected chi connectivity index (χ0v) is 16.9. The molecule has 0 spiro atoms. The van der Waals surface area contributed by atoms with E-state index in [9.17, 15) is 4.79 Å². The normalized spacial score (nSPS) is 15.0. The molecular formula is C21H29N5O.